The van der Waals surface area contributed by atoms with Gasteiger partial charge in [0.25, 0.3) is 0 Å². The van der Waals surface area contributed by atoms with Gasteiger partial charge in [0.15, 0.2) is 0 Å². The maximum atomic E-state index is 5.53. The van der Waals surface area contributed by atoms with E-state index in [4.69, 9.17) is 9.15 Å². The summed E-state index contributed by atoms with van der Waals surface area (Å²) in [4.78, 5) is 0. The molecule has 1 aliphatic rings. The predicted octanol–water partition coefficient (Wildman–Crippen LogP) is 2.11. The summed E-state index contributed by atoms with van der Waals surface area (Å²) < 4.78 is 10.8. The molecule has 0 amide bonds. The lowest BCUT2D eigenvalue weighted by molar-refractivity contribution is 0.107. The van der Waals surface area contributed by atoms with Gasteiger partial charge >= 0.3 is 0 Å². The number of hydrogen-bond acceptors (Lipinski definition) is 3. The summed E-state index contributed by atoms with van der Waals surface area (Å²) >= 11 is 0. The van der Waals surface area contributed by atoms with E-state index in [2.05, 4.69) is 12.2 Å². The van der Waals surface area contributed by atoms with E-state index in [1.54, 1.807) is 6.26 Å². The van der Waals surface area contributed by atoms with Crippen LogP contribution in [0.5, 0.6) is 0 Å². The highest BCUT2D eigenvalue weighted by atomic mass is 16.5. The molecule has 1 aliphatic heterocycles. The molecule has 0 aromatic carbocycles. The van der Waals surface area contributed by atoms with Crippen LogP contribution in [-0.4, -0.2) is 19.3 Å². The number of nitrogens with one attached hydrogen (secondary N) is 1. The van der Waals surface area contributed by atoms with Gasteiger partial charge in [-0.15, -0.1) is 0 Å². The summed E-state index contributed by atoms with van der Waals surface area (Å²) in [7, 11) is 0. The van der Waals surface area contributed by atoms with Crippen LogP contribution in [0.2, 0.25) is 0 Å². The lowest BCUT2D eigenvalue weighted by atomic mass is 10.2. The van der Waals surface area contributed by atoms with E-state index in [1.165, 1.54) is 12.8 Å². The zero-order valence-electron chi connectivity index (χ0n) is 8.53. The Morgan fingerprint density at radius 2 is 2.57 bits per heavy atom. The third-order valence-corrected chi connectivity index (χ3v) is 2.65. The molecule has 0 bridgehead atoms. The minimum atomic E-state index is 0.272. The smallest absolute Gasteiger partial charge is 0.120 e. The van der Waals surface area contributed by atoms with Crippen molar-refractivity contribution in [1.82, 2.24) is 5.32 Å². The monoisotopic (exact) mass is 195 g/mol. The number of ether oxygens (including phenoxy) is 1. The molecule has 0 aliphatic carbocycles. The van der Waals surface area contributed by atoms with E-state index in [0.717, 1.165) is 18.9 Å². The minimum absolute atomic E-state index is 0.272. The van der Waals surface area contributed by atoms with Crippen molar-refractivity contribution in [3.05, 3.63) is 24.2 Å². The third-order valence-electron chi connectivity index (χ3n) is 2.65. The second-order valence-corrected chi connectivity index (χ2v) is 3.78. The lowest BCUT2D eigenvalue weighted by Gasteiger charge is -2.14. The molecule has 2 rings (SSSR count). The van der Waals surface area contributed by atoms with Crippen molar-refractivity contribution in [2.24, 2.45) is 0 Å². The molecule has 78 valence electrons. The molecule has 3 heteroatoms. The van der Waals surface area contributed by atoms with E-state index in [-0.39, 0.29) is 6.04 Å². The summed E-state index contributed by atoms with van der Waals surface area (Å²) in [5, 5.41) is 3.41. The summed E-state index contributed by atoms with van der Waals surface area (Å²) in [5.74, 6) is 0.989. The number of hydrogen-bond donors (Lipinski definition) is 1. The highest BCUT2D eigenvalue weighted by Gasteiger charge is 2.16. The number of furan rings is 1. The van der Waals surface area contributed by atoms with E-state index in [9.17, 15) is 0 Å². The van der Waals surface area contributed by atoms with Gasteiger partial charge in [-0.3, -0.25) is 0 Å². The van der Waals surface area contributed by atoms with Crippen LogP contribution in [0.1, 0.15) is 31.6 Å². The fourth-order valence-corrected chi connectivity index (χ4v) is 1.75. The van der Waals surface area contributed by atoms with Gasteiger partial charge in [0.1, 0.15) is 5.76 Å². The largest absolute Gasteiger partial charge is 0.468 e. The van der Waals surface area contributed by atoms with Gasteiger partial charge in [0, 0.05) is 13.2 Å². The van der Waals surface area contributed by atoms with E-state index in [1.807, 2.05) is 12.1 Å². The first kappa shape index (κ1) is 9.74. The highest BCUT2D eigenvalue weighted by Crippen LogP contribution is 2.15. The molecule has 14 heavy (non-hydrogen) atoms. The maximum absolute atomic E-state index is 5.53. The van der Waals surface area contributed by atoms with E-state index in [0.29, 0.717) is 6.10 Å². The second-order valence-electron chi connectivity index (χ2n) is 3.78. The van der Waals surface area contributed by atoms with Crippen LogP contribution in [0.25, 0.3) is 0 Å². The van der Waals surface area contributed by atoms with Gasteiger partial charge in [-0.25, -0.2) is 0 Å². The zero-order valence-corrected chi connectivity index (χ0v) is 8.53. The average molecular weight is 195 g/mol. The SMILES string of the molecule is C[C@H](NC[C@@H]1CCCO1)c1ccco1. The van der Waals surface area contributed by atoms with Crippen LogP contribution in [0.4, 0.5) is 0 Å². The topological polar surface area (TPSA) is 34.4 Å². The normalized spacial score (nSPS) is 23.9. The van der Waals surface area contributed by atoms with Gasteiger partial charge in [-0.05, 0) is 31.9 Å². The van der Waals surface area contributed by atoms with Gasteiger partial charge in [-0.2, -0.15) is 0 Å². The van der Waals surface area contributed by atoms with Crippen molar-refractivity contribution >= 4 is 0 Å². The summed E-state index contributed by atoms with van der Waals surface area (Å²) in [6.07, 6.45) is 4.48. The quantitative estimate of drug-likeness (QED) is 0.799. The molecule has 1 fully saturated rings. The van der Waals surface area contributed by atoms with Gasteiger partial charge in [0.05, 0.1) is 18.4 Å². The average Bonchev–Trinajstić information content (AvgIpc) is 2.87. The zero-order chi connectivity index (χ0) is 9.80. The van der Waals surface area contributed by atoms with Crippen LogP contribution < -0.4 is 5.32 Å². The fourth-order valence-electron chi connectivity index (χ4n) is 1.75. The maximum Gasteiger partial charge on any atom is 0.120 e. The Balaban J connectivity index is 1.74. The second kappa shape index (κ2) is 4.62. The Kier molecular flexibility index (Phi) is 3.22. The molecule has 0 radical (unpaired) electrons. The summed E-state index contributed by atoms with van der Waals surface area (Å²) in [6.45, 7) is 3.94. The third kappa shape index (κ3) is 2.36. The molecule has 1 aromatic heterocycles. The molecular formula is C11H17NO2. The van der Waals surface area contributed by atoms with Crippen molar-refractivity contribution in [2.75, 3.05) is 13.2 Å². The summed E-state index contributed by atoms with van der Waals surface area (Å²) in [5.41, 5.74) is 0. The molecule has 2 heterocycles. The molecular weight excluding hydrogens is 178 g/mol. The van der Waals surface area contributed by atoms with Crippen molar-refractivity contribution in [2.45, 2.75) is 31.9 Å². The molecule has 1 saturated heterocycles. The first-order chi connectivity index (χ1) is 6.86. The first-order valence-corrected chi connectivity index (χ1v) is 5.24. The van der Waals surface area contributed by atoms with Crippen molar-refractivity contribution in [3.63, 3.8) is 0 Å². The van der Waals surface area contributed by atoms with Gasteiger partial charge < -0.3 is 14.5 Å². The highest BCUT2D eigenvalue weighted by molar-refractivity contribution is 5.02. The Labute approximate surface area is 84.4 Å². The van der Waals surface area contributed by atoms with Crippen molar-refractivity contribution in [3.8, 4) is 0 Å². The Morgan fingerprint density at radius 1 is 1.64 bits per heavy atom. The van der Waals surface area contributed by atoms with Gasteiger partial charge in [-0.1, -0.05) is 0 Å². The summed E-state index contributed by atoms with van der Waals surface area (Å²) in [6, 6.07) is 4.18. The lowest BCUT2D eigenvalue weighted by Crippen LogP contribution is -2.28. The fraction of sp³-hybridized carbons (Fsp3) is 0.636. The molecule has 1 aromatic rings. The Bertz CT molecular complexity index is 252. The van der Waals surface area contributed by atoms with Crippen LogP contribution in [0, 0.1) is 0 Å². The number of rotatable bonds is 4. The first-order valence-electron chi connectivity index (χ1n) is 5.24. The van der Waals surface area contributed by atoms with Crippen LogP contribution in [0.15, 0.2) is 22.8 Å². The Morgan fingerprint density at radius 3 is 3.21 bits per heavy atom. The molecule has 0 saturated carbocycles. The minimum Gasteiger partial charge on any atom is -0.468 e. The molecule has 0 unspecified atom stereocenters. The predicted molar refractivity (Wildman–Crippen MR) is 54.1 cm³/mol. The van der Waals surface area contributed by atoms with E-state index >= 15 is 0 Å². The molecule has 2 atom stereocenters. The van der Waals surface area contributed by atoms with E-state index < -0.39 is 0 Å². The van der Waals surface area contributed by atoms with Crippen molar-refractivity contribution < 1.29 is 9.15 Å². The molecule has 0 spiro atoms. The standard InChI is InChI=1S/C11H17NO2/c1-9(11-5-3-7-14-11)12-8-10-4-2-6-13-10/h3,5,7,9-10,12H,2,4,6,8H2,1H3/t9-,10-/m0/s1. The Hall–Kier alpha value is -0.800. The van der Waals surface area contributed by atoms with Crippen LogP contribution in [0.3, 0.4) is 0 Å². The van der Waals surface area contributed by atoms with Crippen molar-refractivity contribution in [1.29, 1.82) is 0 Å². The molecule has 1 N–H and O–H groups in total. The van der Waals surface area contributed by atoms with Gasteiger partial charge in [0.2, 0.25) is 0 Å². The van der Waals surface area contributed by atoms with Crippen LogP contribution >= 0.6 is 0 Å². The molecule has 3 nitrogen and oxygen atoms in total. The van der Waals surface area contributed by atoms with Crippen LogP contribution in [-0.2, 0) is 4.74 Å².